The topological polar surface area (TPSA) is 79.0 Å². The number of carbonyl (C=O) groups is 1. The molecule has 0 aliphatic carbocycles. The van der Waals surface area contributed by atoms with Gasteiger partial charge < -0.3 is 10.1 Å². The lowest BCUT2D eigenvalue weighted by Gasteiger charge is -2.35. The van der Waals surface area contributed by atoms with Gasteiger partial charge in [0.05, 0.1) is 18.0 Å². The van der Waals surface area contributed by atoms with Crippen LogP contribution in [-0.4, -0.2) is 67.2 Å². The van der Waals surface area contributed by atoms with Crippen LogP contribution >= 0.6 is 0 Å². The molecule has 2 fully saturated rings. The molecular weight excluding hydrogens is 414 g/mol. The Morgan fingerprint density at radius 1 is 1.13 bits per heavy atom. The first-order valence-electron chi connectivity index (χ1n) is 11.5. The Balaban J connectivity index is 1.65. The molecule has 8 heteroatoms. The molecule has 1 aromatic rings. The number of carbonyl (C=O) groups excluding carboxylic acids is 1. The Hall–Kier alpha value is -1.48. The monoisotopic (exact) mass is 451 g/mol. The normalized spacial score (nSPS) is 26.0. The summed E-state index contributed by atoms with van der Waals surface area (Å²) in [6, 6.07) is 7.54. The maximum Gasteiger partial charge on any atom is 0.238 e. The first-order valence-corrected chi connectivity index (χ1v) is 13.1. The second-order valence-corrected chi connectivity index (χ2v) is 10.9. The fourth-order valence-electron chi connectivity index (χ4n) is 4.71. The predicted molar refractivity (Wildman–Crippen MR) is 122 cm³/mol. The van der Waals surface area contributed by atoms with Crippen molar-refractivity contribution in [3.05, 3.63) is 35.4 Å². The quantitative estimate of drug-likeness (QED) is 0.657. The first-order chi connectivity index (χ1) is 14.8. The summed E-state index contributed by atoms with van der Waals surface area (Å²) in [5.74, 6) is -0.0986. The zero-order valence-corrected chi connectivity index (χ0v) is 19.9. The summed E-state index contributed by atoms with van der Waals surface area (Å²) in [7, 11) is -3.39. The second kappa shape index (κ2) is 10.9. The van der Waals surface area contributed by atoms with Gasteiger partial charge in [-0.15, -0.1) is 0 Å². The Morgan fingerprint density at radius 3 is 2.48 bits per heavy atom. The number of piperidine rings is 1. The molecule has 1 aromatic carbocycles. The Kier molecular flexibility index (Phi) is 8.50. The molecule has 3 unspecified atom stereocenters. The number of ether oxygens (including phenoxy) is 1. The Bertz CT molecular complexity index is 835. The third kappa shape index (κ3) is 6.51. The molecule has 3 atom stereocenters. The van der Waals surface area contributed by atoms with E-state index in [1.54, 1.807) is 0 Å². The van der Waals surface area contributed by atoms with Crippen LogP contribution in [0.15, 0.2) is 24.3 Å². The molecule has 2 saturated heterocycles. The van der Waals surface area contributed by atoms with Crippen molar-refractivity contribution >= 4 is 15.9 Å². The molecule has 1 amide bonds. The fourth-order valence-corrected chi connectivity index (χ4v) is 6.46. The van der Waals surface area contributed by atoms with Crippen molar-refractivity contribution in [2.45, 2.75) is 77.8 Å². The van der Waals surface area contributed by atoms with E-state index in [9.17, 15) is 13.2 Å². The van der Waals surface area contributed by atoms with Gasteiger partial charge in [-0.25, -0.2) is 8.42 Å². The highest BCUT2D eigenvalue weighted by Crippen LogP contribution is 2.22. The van der Waals surface area contributed by atoms with Gasteiger partial charge >= 0.3 is 0 Å². The number of benzene rings is 1. The van der Waals surface area contributed by atoms with E-state index in [-0.39, 0.29) is 23.9 Å². The Labute approximate surface area is 187 Å². The van der Waals surface area contributed by atoms with E-state index in [0.717, 1.165) is 38.0 Å². The second-order valence-electron chi connectivity index (χ2n) is 8.88. The van der Waals surface area contributed by atoms with E-state index in [0.29, 0.717) is 25.9 Å². The van der Waals surface area contributed by atoms with Gasteiger partial charge in [0.2, 0.25) is 15.9 Å². The number of nitrogens with zero attached hydrogens (tertiary/aromatic N) is 2. The third-order valence-electron chi connectivity index (χ3n) is 6.04. The number of morpholine rings is 1. The number of sulfonamides is 1. The average Bonchev–Trinajstić information content (AvgIpc) is 2.72. The molecule has 2 aliphatic rings. The molecular formula is C23H37N3O4S. The van der Waals surface area contributed by atoms with Gasteiger partial charge in [-0.3, -0.25) is 9.69 Å². The molecule has 2 heterocycles. The molecule has 0 bridgehead atoms. The van der Waals surface area contributed by atoms with E-state index < -0.39 is 16.1 Å². The Morgan fingerprint density at radius 2 is 1.81 bits per heavy atom. The number of hydrogen-bond acceptors (Lipinski definition) is 5. The highest BCUT2D eigenvalue weighted by atomic mass is 32.2. The van der Waals surface area contributed by atoms with Crippen LogP contribution in [0.25, 0.3) is 0 Å². The van der Waals surface area contributed by atoms with E-state index in [2.05, 4.69) is 30.1 Å². The number of nitrogens with one attached hydrogen (secondary N) is 1. The molecule has 0 radical (unpaired) electrons. The van der Waals surface area contributed by atoms with Crippen LogP contribution in [0.1, 0.15) is 57.6 Å². The first kappa shape index (κ1) is 24.2. The highest BCUT2D eigenvalue weighted by Gasteiger charge is 2.36. The minimum absolute atomic E-state index is 0.0933. The van der Waals surface area contributed by atoms with Crippen LogP contribution in [0.3, 0.4) is 0 Å². The smallest absolute Gasteiger partial charge is 0.238 e. The van der Waals surface area contributed by atoms with Crippen molar-refractivity contribution in [1.29, 1.82) is 0 Å². The molecule has 2 aliphatic heterocycles. The maximum atomic E-state index is 13.0. The minimum Gasteiger partial charge on any atom is -0.373 e. The summed E-state index contributed by atoms with van der Waals surface area (Å²) in [4.78, 5) is 15.4. The lowest BCUT2D eigenvalue weighted by Crippen LogP contribution is -2.52. The van der Waals surface area contributed by atoms with Crippen LogP contribution in [0, 0.1) is 0 Å². The van der Waals surface area contributed by atoms with E-state index in [4.69, 9.17) is 4.74 Å². The van der Waals surface area contributed by atoms with Crippen molar-refractivity contribution in [3.63, 3.8) is 0 Å². The van der Waals surface area contributed by atoms with Crippen molar-refractivity contribution in [2.24, 2.45) is 0 Å². The van der Waals surface area contributed by atoms with Crippen molar-refractivity contribution < 1.29 is 17.9 Å². The molecule has 0 aromatic heterocycles. The minimum atomic E-state index is -3.39. The number of hydrogen-bond donors (Lipinski definition) is 1. The zero-order chi connectivity index (χ0) is 22.4. The summed E-state index contributed by atoms with van der Waals surface area (Å²) in [5, 5.41) is 3.02. The summed E-state index contributed by atoms with van der Waals surface area (Å²) < 4.78 is 32.5. The van der Waals surface area contributed by atoms with Gasteiger partial charge in [0, 0.05) is 32.7 Å². The SMILES string of the molecule is CCCS(=O)(=O)N1CCCCC1C(=O)NCc1ccccc1CN1CC(C)OC(C)C1. The summed E-state index contributed by atoms with van der Waals surface area (Å²) in [6.07, 6.45) is 3.24. The summed E-state index contributed by atoms with van der Waals surface area (Å²) >= 11 is 0. The van der Waals surface area contributed by atoms with Crippen LogP contribution in [-0.2, 0) is 32.6 Å². The molecule has 174 valence electrons. The predicted octanol–water partition coefficient (Wildman–Crippen LogP) is 2.51. The van der Waals surface area contributed by atoms with E-state index in [1.807, 2.05) is 25.1 Å². The van der Waals surface area contributed by atoms with Gasteiger partial charge in [0.1, 0.15) is 6.04 Å². The molecule has 31 heavy (non-hydrogen) atoms. The van der Waals surface area contributed by atoms with Crippen LogP contribution in [0.2, 0.25) is 0 Å². The van der Waals surface area contributed by atoms with Gasteiger partial charge in [-0.1, -0.05) is 37.6 Å². The summed E-state index contributed by atoms with van der Waals surface area (Å²) in [5.41, 5.74) is 2.25. The molecule has 7 nitrogen and oxygen atoms in total. The van der Waals surface area contributed by atoms with Gasteiger partial charge in [0.15, 0.2) is 0 Å². The number of amides is 1. The maximum absolute atomic E-state index is 13.0. The van der Waals surface area contributed by atoms with Crippen LogP contribution in [0.4, 0.5) is 0 Å². The lowest BCUT2D eigenvalue weighted by atomic mass is 10.0. The molecule has 0 saturated carbocycles. The van der Waals surface area contributed by atoms with E-state index in [1.165, 1.54) is 9.87 Å². The van der Waals surface area contributed by atoms with Gasteiger partial charge in [-0.05, 0) is 44.2 Å². The standard InChI is InChI=1S/C23H37N3O4S/c1-4-13-31(28,29)26-12-8-7-11-22(26)23(27)24-14-20-9-5-6-10-21(20)17-25-15-18(2)30-19(3)16-25/h5-6,9-10,18-19,22H,4,7-8,11-17H2,1-3H3,(H,24,27). The molecule has 0 spiro atoms. The number of rotatable bonds is 8. The fraction of sp³-hybridized carbons (Fsp3) is 0.696. The van der Waals surface area contributed by atoms with E-state index >= 15 is 0 Å². The molecule has 1 N–H and O–H groups in total. The summed E-state index contributed by atoms with van der Waals surface area (Å²) in [6.45, 7) is 9.46. The largest absolute Gasteiger partial charge is 0.373 e. The lowest BCUT2D eigenvalue weighted by molar-refractivity contribution is -0.125. The van der Waals surface area contributed by atoms with Crippen molar-refractivity contribution in [3.8, 4) is 0 Å². The van der Waals surface area contributed by atoms with Crippen LogP contribution < -0.4 is 5.32 Å². The average molecular weight is 452 g/mol. The van der Waals surface area contributed by atoms with Gasteiger partial charge in [-0.2, -0.15) is 4.31 Å². The third-order valence-corrected chi connectivity index (χ3v) is 8.11. The highest BCUT2D eigenvalue weighted by molar-refractivity contribution is 7.89. The molecule has 3 rings (SSSR count). The van der Waals surface area contributed by atoms with Gasteiger partial charge in [0.25, 0.3) is 0 Å². The van der Waals surface area contributed by atoms with Crippen molar-refractivity contribution in [1.82, 2.24) is 14.5 Å². The van der Waals surface area contributed by atoms with Crippen molar-refractivity contribution in [2.75, 3.05) is 25.4 Å². The zero-order valence-electron chi connectivity index (χ0n) is 19.0. The van der Waals surface area contributed by atoms with Crippen LogP contribution in [0.5, 0.6) is 0 Å².